The van der Waals surface area contributed by atoms with E-state index in [0.29, 0.717) is 18.0 Å². The Balaban J connectivity index is 2.31. The number of aromatic carboxylic acids is 1. The lowest BCUT2D eigenvalue weighted by molar-refractivity contribution is 0.0696. The second-order valence-electron chi connectivity index (χ2n) is 5.44. The van der Waals surface area contributed by atoms with Crippen LogP contribution < -0.4 is 10.6 Å². The van der Waals surface area contributed by atoms with Crippen LogP contribution in [-0.4, -0.2) is 35.7 Å². The SMILES string of the molecule is CC(C)c1cc(C(=O)O)cc(N2CCC(CN)C2)n1. The lowest BCUT2D eigenvalue weighted by atomic mass is 10.1. The topological polar surface area (TPSA) is 79.5 Å². The Morgan fingerprint density at radius 3 is 2.84 bits per heavy atom. The first-order valence-electron chi connectivity index (χ1n) is 6.71. The Morgan fingerprint density at radius 1 is 1.58 bits per heavy atom. The number of nitrogens with two attached hydrogens (primary N) is 1. The molecule has 104 valence electrons. The standard InChI is InChI=1S/C14H21N3O2/c1-9(2)12-5-11(14(18)19)6-13(16-12)17-4-3-10(7-15)8-17/h5-6,9-10H,3-4,7-8,15H2,1-2H3,(H,18,19). The molecule has 1 fully saturated rings. The summed E-state index contributed by atoms with van der Waals surface area (Å²) < 4.78 is 0. The summed E-state index contributed by atoms with van der Waals surface area (Å²) in [6.07, 6.45) is 1.05. The molecule has 3 N–H and O–H groups in total. The summed E-state index contributed by atoms with van der Waals surface area (Å²) >= 11 is 0. The number of hydrogen-bond acceptors (Lipinski definition) is 4. The van der Waals surface area contributed by atoms with Gasteiger partial charge in [0.05, 0.1) is 5.56 Å². The summed E-state index contributed by atoms with van der Waals surface area (Å²) in [6.45, 7) is 6.47. The maximum atomic E-state index is 11.2. The van der Waals surface area contributed by atoms with Crippen LogP contribution in [0.2, 0.25) is 0 Å². The highest BCUT2D eigenvalue weighted by atomic mass is 16.4. The molecule has 0 saturated carbocycles. The van der Waals surface area contributed by atoms with Gasteiger partial charge in [-0.25, -0.2) is 9.78 Å². The largest absolute Gasteiger partial charge is 0.478 e. The van der Waals surface area contributed by atoms with Crippen LogP contribution >= 0.6 is 0 Å². The Kier molecular flexibility index (Phi) is 4.04. The van der Waals surface area contributed by atoms with Crippen LogP contribution in [0.4, 0.5) is 5.82 Å². The van der Waals surface area contributed by atoms with Gasteiger partial charge in [0.1, 0.15) is 5.82 Å². The fourth-order valence-electron chi connectivity index (χ4n) is 2.35. The van der Waals surface area contributed by atoms with Gasteiger partial charge in [-0.2, -0.15) is 0 Å². The first-order chi connectivity index (χ1) is 9.01. The smallest absolute Gasteiger partial charge is 0.335 e. The zero-order valence-electron chi connectivity index (χ0n) is 11.5. The summed E-state index contributed by atoms with van der Waals surface area (Å²) in [7, 11) is 0. The second kappa shape index (κ2) is 5.57. The number of nitrogens with zero attached hydrogens (tertiary/aromatic N) is 2. The summed E-state index contributed by atoms with van der Waals surface area (Å²) in [5.41, 5.74) is 6.82. The van der Waals surface area contributed by atoms with Crippen molar-refractivity contribution in [1.29, 1.82) is 0 Å². The lowest BCUT2D eigenvalue weighted by Gasteiger charge is -2.19. The van der Waals surface area contributed by atoms with Crippen LogP contribution in [-0.2, 0) is 0 Å². The fourth-order valence-corrected chi connectivity index (χ4v) is 2.35. The van der Waals surface area contributed by atoms with Crippen molar-refractivity contribution in [2.75, 3.05) is 24.5 Å². The predicted octanol–water partition coefficient (Wildman–Crippen LogP) is 1.69. The van der Waals surface area contributed by atoms with Crippen LogP contribution in [0.1, 0.15) is 42.2 Å². The van der Waals surface area contributed by atoms with Crippen molar-refractivity contribution in [2.24, 2.45) is 11.7 Å². The van der Waals surface area contributed by atoms with Gasteiger partial charge in [0.2, 0.25) is 0 Å². The molecule has 1 aliphatic rings. The van der Waals surface area contributed by atoms with Gasteiger partial charge in [-0.15, -0.1) is 0 Å². The molecule has 0 aliphatic carbocycles. The summed E-state index contributed by atoms with van der Waals surface area (Å²) in [5.74, 6) is 0.559. The van der Waals surface area contributed by atoms with E-state index in [9.17, 15) is 9.90 Å². The number of anilines is 1. The molecule has 0 radical (unpaired) electrons. The van der Waals surface area contributed by atoms with Crippen molar-refractivity contribution < 1.29 is 9.90 Å². The van der Waals surface area contributed by atoms with Crippen molar-refractivity contribution >= 4 is 11.8 Å². The van der Waals surface area contributed by atoms with Gasteiger partial charge in [-0.3, -0.25) is 0 Å². The van der Waals surface area contributed by atoms with Gasteiger partial charge in [-0.05, 0) is 36.9 Å². The molecule has 0 amide bonds. The second-order valence-corrected chi connectivity index (χ2v) is 5.44. The van der Waals surface area contributed by atoms with E-state index in [1.807, 2.05) is 13.8 Å². The highest BCUT2D eigenvalue weighted by molar-refractivity contribution is 5.88. The predicted molar refractivity (Wildman–Crippen MR) is 74.7 cm³/mol. The van der Waals surface area contributed by atoms with E-state index >= 15 is 0 Å². The molecular weight excluding hydrogens is 242 g/mol. The number of aromatic nitrogens is 1. The molecule has 0 aromatic carbocycles. The van der Waals surface area contributed by atoms with E-state index in [1.165, 1.54) is 0 Å². The molecule has 5 heteroatoms. The minimum atomic E-state index is -0.903. The van der Waals surface area contributed by atoms with Gasteiger partial charge >= 0.3 is 5.97 Å². The molecule has 1 aromatic rings. The summed E-state index contributed by atoms with van der Waals surface area (Å²) in [4.78, 5) is 17.9. The zero-order chi connectivity index (χ0) is 14.0. The molecule has 2 heterocycles. The maximum Gasteiger partial charge on any atom is 0.335 e. The van der Waals surface area contributed by atoms with Crippen LogP contribution in [0.25, 0.3) is 0 Å². The summed E-state index contributed by atoms with van der Waals surface area (Å²) in [5, 5.41) is 9.19. The minimum absolute atomic E-state index is 0.214. The van der Waals surface area contributed by atoms with Gasteiger partial charge in [0, 0.05) is 18.8 Å². The van der Waals surface area contributed by atoms with E-state index in [4.69, 9.17) is 5.73 Å². The minimum Gasteiger partial charge on any atom is -0.478 e. The molecule has 1 unspecified atom stereocenters. The first-order valence-corrected chi connectivity index (χ1v) is 6.71. The highest BCUT2D eigenvalue weighted by Gasteiger charge is 2.23. The monoisotopic (exact) mass is 263 g/mol. The maximum absolute atomic E-state index is 11.2. The quantitative estimate of drug-likeness (QED) is 0.864. The van der Waals surface area contributed by atoms with E-state index in [2.05, 4.69) is 9.88 Å². The van der Waals surface area contributed by atoms with E-state index in [1.54, 1.807) is 12.1 Å². The Morgan fingerprint density at radius 2 is 2.32 bits per heavy atom. The third kappa shape index (κ3) is 3.04. The van der Waals surface area contributed by atoms with Crippen LogP contribution in [0.3, 0.4) is 0 Å². The lowest BCUT2D eigenvalue weighted by Crippen LogP contribution is -2.24. The van der Waals surface area contributed by atoms with Crippen molar-refractivity contribution in [3.63, 3.8) is 0 Å². The Bertz CT molecular complexity index is 474. The highest BCUT2D eigenvalue weighted by Crippen LogP contribution is 2.25. The van der Waals surface area contributed by atoms with Gasteiger partial charge in [0.25, 0.3) is 0 Å². The molecule has 1 atom stereocenters. The molecule has 19 heavy (non-hydrogen) atoms. The number of hydrogen-bond donors (Lipinski definition) is 2. The first kappa shape index (κ1) is 13.8. The Hall–Kier alpha value is -1.62. The molecule has 5 nitrogen and oxygen atoms in total. The average Bonchev–Trinajstić information content (AvgIpc) is 2.86. The Labute approximate surface area is 113 Å². The molecule has 1 aromatic heterocycles. The van der Waals surface area contributed by atoms with Gasteiger partial charge < -0.3 is 15.7 Å². The zero-order valence-corrected chi connectivity index (χ0v) is 11.5. The molecule has 2 rings (SSSR count). The normalized spacial score (nSPS) is 19.2. The van der Waals surface area contributed by atoms with Gasteiger partial charge in [-0.1, -0.05) is 13.8 Å². The van der Waals surface area contributed by atoms with Crippen LogP contribution in [0.5, 0.6) is 0 Å². The van der Waals surface area contributed by atoms with Crippen molar-refractivity contribution in [2.45, 2.75) is 26.2 Å². The van der Waals surface area contributed by atoms with Crippen molar-refractivity contribution in [3.8, 4) is 0 Å². The van der Waals surface area contributed by atoms with E-state index in [-0.39, 0.29) is 5.92 Å². The average molecular weight is 263 g/mol. The molecular formula is C14H21N3O2. The third-order valence-electron chi connectivity index (χ3n) is 3.61. The van der Waals surface area contributed by atoms with E-state index < -0.39 is 5.97 Å². The van der Waals surface area contributed by atoms with E-state index in [0.717, 1.165) is 31.0 Å². The molecule has 1 saturated heterocycles. The van der Waals surface area contributed by atoms with Crippen LogP contribution in [0, 0.1) is 5.92 Å². The van der Waals surface area contributed by atoms with Crippen molar-refractivity contribution in [1.82, 2.24) is 4.98 Å². The van der Waals surface area contributed by atoms with Crippen LogP contribution in [0.15, 0.2) is 12.1 Å². The number of carboxylic acids is 1. The fraction of sp³-hybridized carbons (Fsp3) is 0.571. The molecule has 0 bridgehead atoms. The molecule has 1 aliphatic heterocycles. The molecule has 0 spiro atoms. The summed E-state index contributed by atoms with van der Waals surface area (Å²) in [6, 6.07) is 3.32. The number of carbonyl (C=O) groups is 1. The third-order valence-corrected chi connectivity index (χ3v) is 3.61. The number of pyridine rings is 1. The van der Waals surface area contributed by atoms with Gasteiger partial charge in [0.15, 0.2) is 0 Å². The number of rotatable bonds is 4. The number of carboxylic acid groups (broad SMARTS) is 1. The van der Waals surface area contributed by atoms with Crippen molar-refractivity contribution in [3.05, 3.63) is 23.4 Å².